The Morgan fingerprint density at radius 1 is 1.15 bits per heavy atom. The maximum absolute atomic E-state index is 3.78. The summed E-state index contributed by atoms with van der Waals surface area (Å²) < 4.78 is 0. The van der Waals surface area contributed by atoms with Gasteiger partial charge in [-0.15, -0.1) is 0 Å². The molecule has 0 amide bonds. The van der Waals surface area contributed by atoms with Gasteiger partial charge in [-0.1, -0.05) is 12.6 Å². The average Bonchev–Trinajstić information content (AvgIpc) is 2.22. The van der Waals surface area contributed by atoms with Gasteiger partial charge in [0.1, 0.15) is 0 Å². The van der Waals surface area contributed by atoms with Gasteiger partial charge in [-0.25, -0.2) is 0 Å². The van der Waals surface area contributed by atoms with Crippen molar-refractivity contribution in [3.8, 4) is 0 Å². The van der Waals surface area contributed by atoms with Crippen LogP contribution in [-0.4, -0.2) is 24.6 Å². The Labute approximate surface area is 78.9 Å². The first-order valence-corrected chi connectivity index (χ1v) is 4.37. The Morgan fingerprint density at radius 2 is 1.92 bits per heavy atom. The lowest BCUT2D eigenvalue weighted by Gasteiger charge is -2.15. The van der Waals surface area contributed by atoms with Crippen molar-refractivity contribution >= 4 is 0 Å². The van der Waals surface area contributed by atoms with Crippen LogP contribution in [0.25, 0.3) is 0 Å². The Hall–Kier alpha value is -1.35. The number of nitrogens with one attached hydrogen (secondary N) is 2. The highest BCUT2D eigenvalue weighted by atomic mass is 15.0. The van der Waals surface area contributed by atoms with E-state index in [0.717, 1.165) is 25.3 Å². The Morgan fingerprint density at radius 3 is 2.15 bits per heavy atom. The van der Waals surface area contributed by atoms with Gasteiger partial charge in [0, 0.05) is 37.7 Å². The number of hydrogen-bond acceptors (Lipinski definition) is 3. The van der Waals surface area contributed by atoms with Crippen LogP contribution in [0.15, 0.2) is 42.9 Å². The average molecular weight is 177 g/mol. The van der Waals surface area contributed by atoms with Gasteiger partial charge in [0.25, 0.3) is 0 Å². The van der Waals surface area contributed by atoms with Gasteiger partial charge in [-0.3, -0.25) is 4.98 Å². The first kappa shape index (κ1) is 9.74. The molecular formula is C10H15N3. The summed E-state index contributed by atoms with van der Waals surface area (Å²) in [5, 5.41) is 6.30. The fraction of sp³-hybridized carbons (Fsp3) is 0.300. The first-order valence-electron chi connectivity index (χ1n) is 4.37. The van der Waals surface area contributed by atoms with Gasteiger partial charge in [-0.05, 0) is 12.1 Å². The van der Waals surface area contributed by atoms with E-state index in [1.54, 1.807) is 12.4 Å². The van der Waals surface area contributed by atoms with E-state index in [9.17, 15) is 0 Å². The molecule has 0 atom stereocenters. The molecule has 70 valence electrons. The summed E-state index contributed by atoms with van der Waals surface area (Å²) >= 11 is 0. The van der Waals surface area contributed by atoms with Gasteiger partial charge in [-0.2, -0.15) is 0 Å². The molecule has 1 aromatic heterocycles. The minimum atomic E-state index is 0.931. The van der Waals surface area contributed by atoms with Gasteiger partial charge in [0.15, 0.2) is 0 Å². The molecule has 1 aliphatic rings. The van der Waals surface area contributed by atoms with E-state index < -0.39 is 0 Å². The molecule has 2 heterocycles. The summed E-state index contributed by atoms with van der Waals surface area (Å²) in [6.45, 7) is 6.77. The molecule has 0 unspecified atom stereocenters. The summed E-state index contributed by atoms with van der Waals surface area (Å²) in [7, 11) is 0. The van der Waals surface area contributed by atoms with Crippen LogP contribution in [0.5, 0.6) is 0 Å². The largest absolute Gasteiger partial charge is 0.386 e. The summed E-state index contributed by atoms with van der Waals surface area (Å²) in [5.74, 6) is 0. The fourth-order valence-electron chi connectivity index (χ4n) is 0.942. The van der Waals surface area contributed by atoms with Crippen molar-refractivity contribution in [1.82, 2.24) is 15.6 Å². The number of nitrogens with zero attached hydrogens (tertiary/aromatic N) is 1. The van der Waals surface area contributed by atoms with Crippen molar-refractivity contribution in [3.05, 3.63) is 42.9 Å². The van der Waals surface area contributed by atoms with Crippen LogP contribution in [0.4, 0.5) is 0 Å². The highest BCUT2D eigenvalue weighted by Gasteiger charge is 1.96. The van der Waals surface area contributed by atoms with E-state index in [1.165, 1.54) is 0 Å². The monoisotopic (exact) mass is 177 g/mol. The SMILES string of the molecule is C=C1CNCCN1.c1ccncc1. The number of pyridine rings is 1. The van der Waals surface area contributed by atoms with Crippen LogP contribution in [0.3, 0.4) is 0 Å². The van der Waals surface area contributed by atoms with Crippen LogP contribution < -0.4 is 10.6 Å². The van der Waals surface area contributed by atoms with E-state index in [2.05, 4.69) is 22.2 Å². The zero-order chi connectivity index (χ0) is 9.36. The topological polar surface area (TPSA) is 37.0 Å². The standard InChI is InChI=1S/C5H10N2.C5H5N/c1-5-4-6-2-3-7-5;1-2-4-6-5-3-1/h6-7H,1-4H2;1-5H. The van der Waals surface area contributed by atoms with Crippen molar-refractivity contribution in [3.63, 3.8) is 0 Å². The predicted octanol–water partition coefficient (Wildman–Crippen LogP) is 0.774. The lowest BCUT2D eigenvalue weighted by molar-refractivity contribution is 0.600. The summed E-state index contributed by atoms with van der Waals surface area (Å²) in [5.41, 5.74) is 1.10. The smallest absolute Gasteiger partial charge is 0.0348 e. The normalized spacial score (nSPS) is 15.2. The summed E-state index contributed by atoms with van der Waals surface area (Å²) in [6, 6.07) is 5.72. The Kier molecular flexibility index (Phi) is 4.64. The van der Waals surface area contributed by atoms with Crippen LogP contribution >= 0.6 is 0 Å². The van der Waals surface area contributed by atoms with Crippen molar-refractivity contribution in [2.75, 3.05) is 19.6 Å². The van der Waals surface area contributed by atoms with E-state index in [0.29, 0.717) is 0 Å². The van der Waals surface area contributed by atoms with Crippen molar-refractivity contribution in [2.45, 2.75) is 0 Å². The molecule has 13 heavy (non-hydrogen) atoms. The molecule has 1 aliphatic heterocycles. The number of piperazine rings is 1. The Balaban J connectivity index is 0.000000132. The fourth-order valence-corrected chi connectivity index (χ4v) is 0.942. The minimum Gasteiger partial charge on any atom is -0.386 e. The lowest BCUT2D eigenvalue weighted by atomic mass is 10.4. The van der Waals surface area contributed by atoms with Crippen LogP contribution in [0.1, 0.15) is 0 Å². The molecule has 0 bridgehead atoms. The molecule has 2 rings (SSSR count). The van der Waals surface area contributed by atoms with Crippen molar-refractivity contribution in [1.29, 1.82) is 0 Å². The molecule has 3 nitrogen and oxygen atoms in total. The number of aromatic nitrogens is 1. The quantitative estimate of drug-likeness (QED) is 0.614. The van der Waals surface area contributed by atoms with Crippen molar-refractivity contribution < 1.29 is 0 Å². The van der Waals surface area contributed by atoms with Gasteiger partial charge in [0.05, 0.1) is 0 Å². The van der Waals surface area contributed by atoms with E-state index in [-0.39, 0.29) is 0 Å². The van der Waals surface area contributed by atoms with Gasteiger partial charge < -0.3 is 10.6 Å². The highest BCUT2D eigenvalue weighted by molar-refractivity contribution is 4.96. The van der Waals surface area contributed by atoms with E-state index in [1.807, 2.05) is 18.2 Å². The van der Waals surface area contributed by atoms with Crippen LogP contribution in [0.2, 0.25) is 0 Å². The minimum absolute atomic E-state index is 0.931. The lowest BCUT2D eigenvalue weighted by Crippen LogP contribution is -2.37. The zero-order valence-electron chi connectivity index (χ0n) is 7.66. The molecule has 3 heteroatoms. The van der Waals surface area contributed by atoms with Crippen molar-refractivity contribution in [2.24, 2.45) is 0 Å². The van der Waals surface area contributed by atoms with E-state index in [4.69, 9.17) is 0 Å². The third kappa shape index (κ3) is 4.98. The molecule has 0 aliphatic carbocycles. The number of hydrogen-bond donors (Lipinski definition) is 2. The number of rotatable bonds is 0. The predicted molar refractivity (Wildman–Crippen MR) is 54.2 cm³/mol. The molecule has 1 aromatic rings. The maximum Gasteiger partial charge on any atom is 0.0348 e. The van der Waals surface area contributed by atoms with Gasteiger partial charge in [0.2, 0.25) is 0 Å². The van der Waals surface area contributed by atoms with E-state index >= 15 is 0 Å². The zero-order valence-corrected chi connectivity index (χ0v) is 7.66. The molecule has 1 saturated heterocycles. The third-order valence-electron chi connectivity index (χ3n) is 1.58. The Bertz CT molecular complexity index is 198. The molecule has 2 N–H and O–H groups in total. The summed E-state index contributed by atoms with van der Waals surface area (Å²) in [6.07, 6.45) is 3.50. The second-order valence-electron chi connectivity index (χ2n) is 2.73. The maximum atomic E-state index is 3.78. The second kappa shape index (κ2) is 6.20. The summed E-state index contributed by atoms with van der Waals surface area (Å²) in [4.78, 5) is 3.78. The van der Waals surface area contributed by atoms with Crippen LogP contribution in [0, 0.1) is 0 Å². The third-order valence-corrected chi connectivity index (χ3v) is 1.58. The highest BCUT2D eigenvalue weighted by Crippen LogP contribution is 1.82. The molecule has 0 aromatic carbocycles. The molecular weight excluding hydrogens is 162 g/mol. The second-order valence-corrected chi connectivity index (χ2v) is 2.73. The molecule has 0 saturated carbocycles. The van der Waals surface area contributed by atoms with Gasteiger partial charge >= 0.3 is 0 Å². The first-order chi connectivity index (χ1) is 6.39. The molecule has 0 radical (unpaired) electrons. The van der Waals surface area contributed by atoms with Crippen LogP contribution in [-0.2, 0) is 0 Å². The molecule has 1 fully saturated rings. The molecule has 0 spiro atoms.